The van der Waals surface area contributed by atoms with Crippen molar-refractivity contribution in [3.63, 3.8) is 0 Å². The number of rotatable bonds is 4. The Kier molecular flexibility index (Phi) is 5.49. The molecule has 2 aliphatic rings. The summed E-state index contributed by atoms with van der Waals surface area (Å²) in [4.78, 5) is 34.6. The first kappa shape index (κ1) is 23.5. The van der Waals surface area contributed by atoms with Crippen LogP contribution in [0.5, 0.6) is 0 Å². The van der Waals surface area contributed by atoms with Gasteiger partial charge in [0.2, 0.25) is 5.91 Å². The minimum absolute atomic E-state index is 0.0176. The van der Waals surface area contributed by atoms with E-state index >= 15 is 0 Å². The maximum Gasteiger partial charge on any atom is 0.290 e. The van der Waals surface area contributed by atoms with Crippen LogP contribution in [0, 0.1) is 11.7 Å². The largest absolute Gasteiger partial charge is 0.449 e. The van der Waals surface area contributed by atoms with Gasteiger partial charge in [-0.2, -0.15) is 0 Å². The van der Waals surface area contributed by atoms with Crippen LogP contribution in [0.3, 0.4) is 0 Å². The SMILES string of the molecule is CC(C)C(=O)N1CCN(C(=O)c2cc3nc(-c4ccc(F)cc4)cc(C4(C)CC4)c3o2)C(C)(C)C1. The summed E-state index contributed by atoms with van der Waals surface area (Å²) in [5.74, 6) is -0.204. The third kappa shape index (κ3) is 4.21. The van der Waals surface area contributed by atoms with Crippen LogP contribution in [0.25, 0.3) is 22.4 Å². The fraction of sp³-hybridized carbons (Fsp3) is 0.464. The van der Waals surface area contributed by atoms with E-state index in [0.29, 0.717) is 30.7 Å². The van der Waals surface area contributed by atoms with E-state index in [-0.39, 0.29) is 34.7 Å². The zero-order valence-corrected chi connectivity index (χ0v) is 21.0. The number of furan rings is 1. The topological polar surface area (TPSA) is 66.7 Å². The van der Waals surface area contributed by atoms with Crippen molar-refractivity contribution in [1.29, 1.82) is 0 Å². The number of aromatic nitrogens is 1. The summed E-state index contributed by atoms with van der Waals surface area (Å²) in [6.45, 7) is 11.4. The van der Waals surface area contributed by atoms with Crippen molar-refractivity contribution in [3.8, 4) is 11.3 Å². The number of pyridine rings is 1. The predicted molar refractivity (Wildman–Crippen MR) is 133 cm³/mol. The van der Waals surface area contributed by atoms with Crippen molar-refractivity contribution in [1.82, 2.24) is 14.8 Å². The highest BCUT2D eigenvalue weighted by molar-refractivity contribution is 5.97. The number of amides is 2. The number of hydrogen-bond acceptors (Lipinski definition) is 4. The Morgan fingerprint density at radius 1 is 1.06 bits per heavy atom. The molecule has 1 saturated carbocycles. The summed E-state index contributed by atoms with van der Waals surface area (Å²) in [6.07, 6.45) is 2.08. The Hall–Kier alpha value is -3.22. The quantitative estimate of drug-likeness (QED) is 0.504. The maximum atomic E-state index is 13.6. The Bertz CT molecular complexity index is 1300. The zero-order chi connectivity index (χ0) is 25.1. The molecule has 1 aromatic carbocycles. The smallest absolute Gasteiger partial charge is 0.290 e. The lowest BCUT2D eigenvalue weighted by Gasteiger charge is -2.47. The Morgan fingerprint density at radius 3 is 2.34 bits per heavy atom. The highest BCUT2D eigenvalue weighted by Gasteiger charge is 2.43. The van der Waals surface area contributed by atoms with Gasteiger partial charge in [-0.15, -0.1) is 0 Å². The number of nitrogens with zero attached hydrogens (tertiary/aromatic N) is 3. The van der Waals surface area contributed by atoms with Crippen molar-refractivity contribution in [2.24, 2.45) is 5.92 Å². The van der Waals surface area contributed by atoms with Gasteiger partial charge >= 0.3 is 0 Å². The lowest BCUT2D eigenvalue weighted by atomic mass is 9.96. The zero-order valence-electron chi connectivity index (χ0n) is 21.0. The fourth-order valence-electron chi connectivity index (χ4n) is 5.02. The minimum Gasteiger partial charge on any atom is -0.449 e. The van der Waals surface area contributed by atoms with Crippen molar-refractivity contribution < 1.29 is 18.4 Å². The monoisotopic (exact) mass is 477 g/mol. The summed E-state index contributed by atoms with van der Waals surface area (Å²) in [7, 11) is 0. The van der Waals surface area contributed by atoms with Crippen LogP contribution in [0.15, 0.2) is 40.8 Å². The number of benzene rings is 1. The van der Waals surface area contributed by atoms with E-state index in [9.17, 15) is 14.0 Å². The van der Waals surface area contributed by atoms with E-state index in [1.165, 1.54) is 12.1 Å². The average Bonchev–Trinajstić information content (AvgIpc) is 3.41. The van der Waals surface area contributed by atoms with Gasteiger partial charge < -0.3 is 14.2 Å². The van der Waals surface area contributed by atoms with E-state index in [1.54, 1.807) is 23.1 Å². The molecule has 5 rings (SSSR count). The molecule has 0 radical (unpaired) electrons. The van der Waals surface area contributed by atoms with Gasteiger partial charge in [0.15, 0.2) is 11.3 Å². The predicted octanol–water partition coefficient (Wildman–Crippen LogP) is 5.40. The molecular weight excluding hydrogens is 445 g/mol. The molecule has 0 bridgehead atoms. The highest BCUT2D eigenvalue weighted by Crippen LogP contribution is 2.50. The van der Waals surface area contributed by atoms with Gasteiger partial charge in [0, 0.05) is 42.7 Å². The number of hydrogen-bond donors (Lipinski definition) is 0. The fourth-order valence-corrected chi connectivity index (χ4v) is 5.02. The molecule has 3 heterocycles. The number of halogens is 1. The second kappa shape index (κ2) is 8.18. The Morgan fingerprint density at radius 2 is 1.74 bits per heavy atom. The molecule has 3 aromatic rings. The number of carbonyl (C=O) groups excluding carboxylic acids is 2. The van der Waals surface area contributed by atoms with Crippen LogP contribution in [0.4, 0.5) is 4.39 Å². The summed E-state index contributed by atoms with van der Waals surface area (Å²) in [5, 5.41) is 0. The van der Waals surface area contributed by atoms with E-state index in [1.807, 2.05) is 38.7 Å². The van der Waals surface area contributed by atoms with E-state index in [4.69, 9.17) is 9.40 Å². The number of piperazine rings is 1. The molecule has 0 N–H and O–H groups in total. The van der Waals surface area contributed by atoms with E-state index < -0.39 is 5.54 Å². The summed E-state index contributed by atoms with van der Waals surface area (Å²) >= 11 is 0. The average molecular weight is 478 g/mol. The molecule has 1 aliphatic heterocycles. The second-order valence-corrected chi connectivity index (χ2v) is 11.1. The van der Waals surface area contributed by atoms with Gasteiger partial charge in [-0.05, 0) is 62.4 Å². The van der Waals surface area contributed by atoms with Crippen LogP contribution in [0.1, 0.15) is 63.6 Å². The molecule has 0 atom stereocenters. The Labute approximate surface area is 205 Å². The van der Waals surface area contributed by atoms with Gasteiger partial charge in [-0.1, -0.05) is 20.8 Å². The first-order valence-electron chi connectivity index (χ1n) is 12.3. The molecule has 0 spiro atoms. The lowest BCUT2D eigenvalue weighted by molar-refractivity contribution is -0.138. The van der Waals surface area contributed by atoms with E-state index in [0.717, 1.165) is 29.7 Å². The normalized spacial score (nSPS) is 18.8. The van der Waals surface area contributed by atoms with Crippen molar-refractivity contribution >= 4 is 22.9 Å². The minimum atomic E-state index is -0.531. The van der Waals surface area contributed by atoms with Crippen LogP contribution < -0.4 is 0 Å². The molecule has 1 saturated heterocycles. The summed E-state index contributed by atoms with van der Waals surface area (Å²) in [6, 6.07) is 10.0. The molecule has 2 aromatic heterocycles. The van der Waals surface area contributed by atoms with Crippen molar-refractivity contribution in [2.45, 2.75) is 58.4 Å². The van der Waals surface area contributed by atoms with Gasteiger partial charge in [-0.3, -0.25) is 9.59 Å². The highest BCUT2D eigenvalue weighted by atomic mass is 19.1. The van der Waals surface area contributed by atoms with Gasteiger partial charge in [0.25, 0.3) is 5.91 Å². The van der Waals surface area contributed by atoms with Gasteiger partial charge in [0.1, 0.15) is 11.3 Å². The molecule has 6 nitrogen and oxygen atoms in total. The van der Waals surface area contributed by atoms with Crippen molar-refractivity contribution in [3.05, 3.63) is 53.5 Å². The number of fused-ring (bicyclic) bond motifs is 1. The standard InChI is InChI=1S/C28H32FN3O3/c1-17(2)25(33)31-12-13-32(27(3,4)16-31)26(34)23-15-22-24(35-23)20(28(5)10-11-28)14-21(30-22)18-6-8-19(29)9-7-18/h6-9,14-15,17H,10-13,16H2,1-5H3. The Balaban J connectivity index is 1.50. The summed E-state index contributed by atoms with van der Waals surface area (Å²) in [5.41, 5.74) is 3.32. The molecule has 2 amide bonds. The van der Waals surface area contributed by atoms with Gasteiger partial charge in [-0.25, -0.2) is 9.37 Å². The van der Waals surface area contributed by atoms with E-state index in [2.05, 4.69) is 6.92 Å². The molecule has 0 unspecified atom stereocenters. The third-order valence-corrected chi connectivity index (χ3v) is 7.43. The van der Waals surface area contributed by atoms with Crippen LogP contribution in [-0.2, 0) is 10.2 Å². The molecule has 35 heavy (non-hydrogen) atoms. The molecule has 7 heteroatoms. The van der Waals surface area contributed by atoms with Crippen LogP contribution in [-0.4, -0.2) is 51.8 Å². The second-order valence-electron chi connectivity index (χ2n) is 11.1. The van der Waals surface area contributed by atoms with Crippen LogP contribution in [0.2, 0.25) is 0 Å². The molecule has 184 valence electrons. The molecule has 1 aliphatic carbocycles. The number of carbonyl (C=O) groups is 2. The van der Waals surface area contributed by atoms with Crippen LogP contribution >= 0.6 is 0 Å². The maximum absolute atomic E-state index is 13.6. The third-order valence-electron chi connectivity index (χ3n) is 7.43. The molecule has 2 fully saturated rings. The first-order chi connectivity index (χ1) is 16.5. The van der Waals surface area contributed by atoms with Crippen molar-refractivity contribution in [2.75, 3.05) is 19.6 Å². The first-order valence-corrected chi connectivity index (χ1v) is 12.3. The summed E-state index contributed by atoms with van der Waals surface area (Å²) < 4.78 is 19.7. The van der Waals surface area contributed by atoms with Gasteiger partial charge in [0.05, 0.1) is 11.2 Å². The lowest BCUT2D eigenvalue weighted by Crippen LogP contribution is -2.62. The molecular formula is C28H32FN3O3.